The number of carbonyl (C=O) groups excluding carboxylic acids is 2. The van der Waals surface area contributed by atoms with Crippen LogP contribution < -0.4 is 5.32 Å². The standard InChI is InChI=1S/C21H18N2O4S/c24-16(12-7-13-17(25)26)22-21-23-18(14-8-3-1-4-9-14)20(28-21)19(27)15-10-5-2-6-11-15/h1-6,8-11H,7,12-13H2,(H,25,26)(H,22,23,24). The topological polar surface area (TPSA) is 96.4 Å². The van der Waals surface area contributed by atoms with E-state index in [0.29, 0.717) is 21.3 Å². The summed E-state index contributed by atoms with van der Waals surface area (Å²) in [6.45, 7) is 0. The minimum atomic E-state index is -0.941. The third kappa shape index (κ3) is 4.89. The highest BCUT2D eigenvalue weighted by molar-refractivity contribution is 7.18. The number of carboxylic acid groups (broad SMARTS) is 1. The van der Waals surface area contributed by atoms with Crippen molar-refractivity contribution in [3.63, 3.8) is 0 Å². The molecule has 0 atom stereocenters. The van der Waals surface area contributed by atoms with Crippen molar-refractivity contribution in [1.82, 2.24) is 4.98 Å². The second kappa shape index (κ2) is 9.05. The van der Waals surface area contributed by atoms with E-state index in [4.69, 9.17) is 5.11 Å². The molecule has 142 valence electrons. The highest BCUT2D eigenvalue weighted by Gasteiger charge is 2.21. The third-order valence-electron chi connectivity index (χ3n) is 3.96. The third-order valence-corrected chi connectivity index (χ3v) is 4.93. The second-order valence-electron chi connectivity index (χ2n) is 6.05. The Kier molecular flexibility index (Phi) is 6.29. The van der Waals surface area contributed by atoms with Gasteiger partial charge in [-0.1, -0.05) is 72.0 Å². The summed E-state index contributed by atoms with van der Waals surface area (Å²) in [5.41, 5.74) is 1.84. The van der Waals surface area contributed by atoms with Gasteiger partial charge in [-0.2, -0.15) is 0 Å². The van der Waals surface area contributed by atoms with Gasteiger partial charge < -0.3 is 10.4 Å². The molecule has 3 rings (SSSR count). The first kappa shape index (κ1) is 19.4. The van der Waals surface area contributed by atoms with Crippen LogP contribution >= 0.6 is 11.3 Å². The molecule has 0 aliphatic rings. The molecule has 0 aliphatic carbocycles. The van der Waals surface area contributed by atoms with Gasteiger partial charge in [0.1, 0.15) is 4.88 Å². The van der Waals surface area contributed by atoms with Crippen LogP contribution in [-0.4, -0.2) is 27.8 Å². The number of thiazole rings is 1. The van der Waals surface area contributed by atoms with Crippen LogP contribution in [0.5, 0.6) is 0 Å². The second-order valence-corrected chi connectivity index (χ2v) is 7.05. The molecule has 0 saturated carbocycles. The zero-order valence-electron chi connectivity index (χ0n) is 14.9. The summed E-state index contributed by atoms with van der Waals surface area (Å²) in [5.74, 6) is -1.43. The minimum absolute atomic E-state index is 0.0711. The number of hydrogen-bond donors (Lipinski definition) is 2. The van der Waals surface area contributed by atoms with Crippen molar-refractivity contribution in [2.24, 2.45) is 0 Å². The predicted molar refractivity (Wildman–Crippen MR) is 108 cm³/mol. The molecule has 1 heterocycles. The number of ketones is 1. The van der Waals surface area contributed by atoms with Crippen LogP contribution in [0.4, 0.5) is 5.13 Å². The highest BCUT2D eigenvalue weighted by Crippen LogP contribution is 2.33. The smallest absolute Gasteiger partial charge is 0.303 e. The molecular formula is C21H18N2O4S. The normalized spacial score (nSPS) is 10.4. The first-order valence-electron chi connectivity index (χ1n) is 8.72. The summed E-state index contributed by atoms with van der Waals surface area (Å²) in [7, 11) is 0. The Hall–Kier alpha value is -3.32. The van der Waals surface area contributed by atoms with Crippen molar-refractivity contribution in [3.8, 4) is 11.3 Å². The summed E-state index contributed by atoms with van der Waals surface area (Å²) in [6.07, 6.45) is 0.251. The van der Waals surface area contributed by atoms with E-state index in [2.05, 4.69) is 10.3 Å². The van der Waals surface area contributed by atoms with Gasteiger partial charge >= 0.3 is 5.97 Å². The maximum Gasteiger partial charge on any atom is 0.303 e. The molecule has 0 saturated heterocycles. The van der Waals surface area contributed by atoms with Gasteiger partial charge in [-0.3, -0.25) is 14.4 Å². The largest absolute Gasteiger partial charge is 0.481 e. The fourth-order valence-electron chi connectivity index (χ4n) is 2.62. The number of benzene rings is 2. The lowest BCUT2D eigenvalue weighted by atomic mass is 10.1. The van der Waals surface area contributed by atoms with Crippen molar-refractivity contribution in [2.75, 3.05) is 5.32 Å². The summed E-state index contributed by atoms with van der Waals surface area (Å²) in [6, 6.07) is 18.2. The number of nitrogens with one attached hydrogen (secondary N) is 1. The molecule has 0 spiro atoms. The Balaban J connectivity index is 1.87. The molecule has 1 aromatic heterocycles. The van der Waals surface area contributed by atoms with Gasteiger partial charge in [0.2, 0.25) is 11.7 Å². The van der Waals surface area contributed by atoms with Crippen LogP contribution in [0.2, 0.25) is 0 Å². The van der Waals surface area contributed by atoms with E-state index >= 15 is 0 Å². The van der Waals surface area contributed by atoms with Crippen LogP contribution in [0.3, 0.4) is 0 Å². The number of aromatic nitrogens is 1. The SMILES string of the molecule is O=C(O)CCCC(=O)Nc1nc(-c2ccccc2)c(C(=O)c2ccccc2)s1. The maximum atomic E-state index is 13.0. The van der Waals surface area contributed by atoms with E-state index in [0.717, 1.165) is 16.9 Å². The van der Waals surface area contributed by atoms with Crippen LogP contribution in [0, 0.1) is 0 Å². The molecule has 7 heteroatoms. The molecule has 28 heavy (non-hydrogen) atoms. The molecule has 0 radical (unpaired) electrons. The molecule has 3 aromatic rings. The zero-order valence-corrected chi connectivity index (χ0v) is 15.7. The van der Waals surface area contributed by atoms with E-state index in [1.165, 1.54) is 0 Å². The Morgan fingerprint density at radius 1 is 0.929 bits per heavy atom. The highest BCUT2D eigenvalue weighted by atomic mass is 32.1. The first-order chi connectivity index (χ1) is 13.5. The van der Waals surface area contributed by atoms with Gasteiger partial charge in [0.25, 0.3) is 0 Å². The minimum Gasteiger partial charge on any atom is -0.481 e. The quantitative estimate of drug-likeness (QED) is 0.557. The number of rotatable bonds is 8. The Labute approximate surface area is 165 Å². The zero-order chi connectivity index (χ0) is 19.9. The fraction of sp³-hybridized carbons (Fsp3) is 0.143. The number of carboxylic acids is 1. The molecule has 0 unspecified atom stereocenters. The van der Waals surface area contributed by atoms with Gasteiger partial charge in [-0.25, -0.2) is 4.98 Å². The lowest BCUT2D eigenvalue weighted by molar-refractivity contribution is -0.137. The van der Waals surface area contributed by atoms with E-state index in [1.54, 1.807) is 24.3 Å². The van der Waals surface area contributed by atoms with Gasteiger partial charge in [0.15, 0.2) is 5.13 Å². The number of anilines is 1. The van der Waals surface area contributed by atoms with E-state index < -0.39 is 5.97 Å². The van der Waals surface area contributed by atoms with Crippen molar-refractivity contribution in [3.05, 3.63) is 71.1 Å². The van der Waals surface area contributed by atoms with E-state index in [-0.39, 0.29) is 31.0 Å². The van der Waals surface area contributed by atoms with Crippen molar-refractivity contribution in [1.29, 1.82) is 0 Å². The predicted octanol–water partition coefficient (Wildman–Crippen LogP) is 4.23. The van der Waals surface area contributed by atoms with Crippen LogP contribution in [-0.2, 0) is 9.59 Å². The summed E-state index contributed by atoms with van der Waals surface area (Å²) < 4.78 is 0. The average Bonchev–Trinajstić information content (AvgIpc) is 3.12. The maximum absolute atomic E-state index is 13.0. The number of amides is 1. The Morgan fingerprint density at radius 3 is 2.21 bits per heavy atom. The number of nitrogens with zero attached hydrogens (tertiary/aromatic N) is 1. The number of carbonyl (C=O) groups is 3. The van der Waals surface area contributed by atoms with Gasteiger partial charge in [-0.05, 0) is 6.42 Å². The Bertz CT molecular complexity index is 984. The molecule has 0 fully saturated rings. The number of aliphatic carboxylic acids is 1. The first-order valence-corrected chi connectivity index (χ1v) is 9.54. The van der Waals surface area contributed by atoms with E-state index in [1.807, 2.05) is 36.4 Å². The summed E-state index contributed by atoms with van der Waals surface area (Å²) >= 11 is 1.12. The summed E-state index contributed by atoms with van der Waals surface area (Å²) in [4.78, 5) is 40.5. The molecule has 1 amide bonds. The average molecular weight is 394 g/mol. The monoisotopic (exact) mass is 394 g/mol. The van der Waals surface area contributed by atoms with E-state index in [9.17, 15) is 14.4 Å². The van der Waals surface area contributed by atoms with Gasteiger partial charge in [0.05, 0.1) is 5.69 Å². The van der Waals surface area contributed by atoms with Crippen LogP contribution in [0.15, 0.2) is 60.7 Å². The Morgan fingerprint density at radius 2 is 1.57 bits per heavy atom. The molecule has 2 aromatic carbocycles. The fourth-order valence-corrected chi connectivity index (χ4v) is 3.59. The van der Waals surface area contributed by atoms with Crippen LogP contribution in [0.25, 0.3) is 11.3 Å². The molecular weight excluding hydrogens is 376 g/mol. The lowest BCUT2D eigenvalue weighted by Gasteiger charge is -2.02. The van der Waals surface area contributed by atoms with Crippen molar-refractivity contribution in [2.45, 2.75) is 19.3 Å². The van der Waals surface area contributed by atoms with Crippen molar-refractivity contribution >= 4 is 34.1 Å². The molecule has 6 nitrogen and oxygen atoms in total. The number of hydrogen-bond acceptors (Lipinski definition) is 5. The molecule has 2 N–H and O–H groups in total. The van der Waals surface area contributed by atoms with Gasteiger partial charge in [0, 0.05) is 24.0 Å². The van der Waals surface area contributed by atoms with Crippen molar-refractivity contribution < 1.29 is 19.5 Å². The molecule has 0 bridgehead atoms. The molecule has 0 aliphatic heterocycles. The van der Waals surface area contributed by atoms with Crippen LogP contribution in [0.1, 0.15) is 34.5 Å². The summed E-state index contributed by atoms with van der Waals surface area (Å²) in [5, 5.41) is 11.7. The lowest BCUT2D eigenvalue weighted by Crippen LogP contribution is -2.11. The van der Waals surface area contributed by atoms with Gasteiger partial charge in [-0.15, -0.1) is 0 Å².